The van der Waals surface area contributed by atoms with Gasteiger partial charge in [-0.15, -0.1) is 0 Å². The van der Waals surface area contributed by atoms with Gasteiger partial charge in [0.2, 0.25) is 0 Å². The van der Waals surface area contributed by atoms with Crippen molar-refractivity contribution in [3.8, 4) is 5.75 Å². The maximum absolute atomic E-state index is 14.2. The minimum atomic E-state index is -4.91. The third-order valence-corrected chi connectivity index (χ3v) is 5.96. The molecule has 1 N–H and O–H groups in total. The Balaban J connectivity index is 2.07. The first-order valence-corrected chi connectivity index (χ1v) is 10.4. The molecule has 0 bridgehead atoms. The van der Waals surface area contributed by atoms with Crippen molar-refractivity contribution in [2.45, 2.75) is 44.0 Å². The number of aromatic nitrogens is 1. The SMILES string of the molecule is COc1cc(Br)ccc1C(C)(C)CC(O)(Cn1ccc(=O)c2ccccc21)C(F)(F)F. The Morgan fingerprint density at radius 1 is 1.10 bits per heavy atom. The fraction of sp³-hybridized carbons (Fsp3) is 0.348. The molecular formula is C23H23BrF3NO3. The molecule has 0 amide bonds. The monoisotopic (exact) mass is 497 g/mol. The predicted octanol–water partition coefficient (Wildman–Crippen LogP) is 5.43. The number of hydrogen-bond donors (Lipinski definition) is 1. The highest BCUT2D eigenvalue weighted by Crippen LogP contribution is 2.45. The second-order valence-corrected chi connectivity index (χ2v) is 9.18. The number of benzene rings is 2. The van der Waals surface area contributed by atoms with Crippen LogP contribution in [-0.2, 0) is 12.0 Å². The Morgan fingerprint density at radius 3 is 2.42 bits per heavy atom. The van der Waals surface area contributed by atoms with E-state index in [-0.39, 0.29) is 5.43 Å². The topological polar surface area (TPSA) is 51.5 Å². The predicted molar refractivity (Wildman–Crippen MR) is 118 cm³/mol. The number of halogens is 4. The summed E-state index contributed by atoms with van der Waals surface area (Å²) >= 11 is 3.33. The average Bonchev–Trinajstić information content (AvgIpc) is 2.69. The third kappa shape index (κ3) is 4.65. The Hall–Kier alpha value is -2.32. The van der Waals surface area contributed by atoms with Gasteiger partial charge in [0.1, 0.15) is 5.75 Å². The van der Waals surface area contributed by atoms with Gasteiger partial charge in [0.15, 0.2) is 11.0 Å². The summed E-state index contributed by atoms with van der Waals surface area (Å²) in [7, 11) is 1.45. The van der Waals surface area contributed by atoms with Crippen LogP contribution in [0.15, 0.2) is 64.0 Å². The van der Waals surface area contributed by atoms with Crippen LogP contribution in [0.25, 0.3) is 10.9 Å². The van der Waals surface area contributed by atoms with E-state index in [4.69, 9.17) is 4.74 Å². The lowest BCUT2D eigenvalue weighted by Crippen LogP contribution is -2.52. The molecule has 1 aromatic heterocycles. The number of fused-ring (bicyclic) bond motifs is 1. The van der Waals surface area contributed by atoms with Crippen LogP contribution in [0.4, 0.5) is 13.2 Å². The largest absolute Gasteiger partial charge is 0.496 e. The van der Waals surface area contributed by atoms with E-state index in [2.05, 4.69) is 15.9 Å². The molecule has 0 saturated carbocycles. The summed E-state index contributed by atoms with van der Waals surface area (Å²) in [6, 6.07) is 12.7. The molecule has 1 heterocycles. The summed E-state index contributed by atoms with van der Waals surface area (Å²) < 4.78 is 50.0. The lowest BCUT2D eigenvalue weighted by atomic mass is 9.74. The van der Waals surface area contributed by atoms with Crippen LogP contribution in [-0.4, -0.2) is 28.6 Å². The van der Waals surface area contributed by atoms with E-state index in [1.54, 1.807) is 56.3 Å². The molecule has 3 aromatic rings. The first-order valence-electron chi connectivity index (χ1n) is 9.59. The molecule has 1 atom stereocenters. The molecule has 4 nitrogen and oxygen atoms in total. The molecule has 2 aromatic carbocycles. The van der Waals surface area contributed by atoms with Crippen LogP contribution in [0, 0.1) is 0 Å². The van der Waals surface area contributed by atoms with E-state index in [1.807, 2.05) is 0 Å². The second-order valence-electron chi connectivity index (χ2n) is 8.26. The smallest absolute Gasteiger partial charge is 0.418 e. The molecule has 31 heavy (non-hydrogen) atoms. The number of nitrogens with zero attached hydrogens (tertiary/aromatic N) is 1. The Kier molecular flexibility index (Phi) is 6.26. The number of alkyl halides is 3. The molecule has 0 fully saturated rings. The summed E-state index contributed by atoms with van der Waals surface area (Å²) in [5.41, 5.74) is -3.54. The number of pyridine rings is 1. The van der Waals surface area contributed by atoms with Crippen molar-refractivity contribution in [3.63, 3.8) is 0 Å². The molecule has 0 aliphatic rings. The third-order valence-electron chi connectivity index (χ3n) is 5.47. The average molecular weight is 498 g/mol. The van der Waals surface area contributed by atoms with Crippen molar-refractivity contribution in [1.29, 1.82) is 0 Å². The summed E-state index contributed by atoms with van der Waals surface area (Å²) in [6.45, 7) is 2.53. The van der Waals surface area contributed by atoms with E-state index in [9.17, 15) is 23.1 Å². The Morgan fingerprint density at radius 2 is 1.77 bits per heavy atom. The van der Waals surface area contributed by atoms with Gasteiger partial charge in [-0.3, -0.25) is 4.79 Å². The molecular weight excluding hydrogens is 475 g/mol. The van der Waals surface area contributed by atoms with Gasteiger partial charge in [0, 0.05) is 22.1 Å². The van der Waals surface area contributed by atoms with Gasteiger partial charge < -0.3 is 14.4 Å². The van der Waals surface area contributed by atoms with E-state index >= 15 is 0 Å². The number of para-hydroxylation sites is 1. The normalized spacial score (nSPS) is 14.5. The zero-order valence-corrected chi connectivity index (χ0v) is 18.9. The quantitative estimate of drug-likeness (QED) is 0.493. The van der Waals surface area contributed by atoms with E-state index < -0.39 is 30.2 Å². The van der Waals surface area contributed by atoms with Crippen molar-refractivity contribution in [2.75, 3.05) is 7.11 Å². The fourth-order valence-corrected chi connectivity index (χ4v) is 4.32. The molecule has 0 saturated heterocycles. The second kappa shape index (κ2) is 8.31. The van der Waals surface area contributed by atoms with Gasteiger partial charge in [-0.1, -0.05) is 48.0 Å². The Labute approximate surface area is 186 Å². The van der Waals surface area contributed by atoms with Gasteiger partial charge in [-0.2, -0.15) is 13.2 Å². The lowest BCUT2D eigenvalue weighted by Gasteiger charge is -2.39. The van der Waals surface area contributed by atoms with E-state index in [1.165, 1.54) is 23.9 Å². The molecule has 1 unspecified atom stereocenters. The van der Waals surface area contributed by atoms with Gasteiger partial charge >= 0.3 is 6.18 Å². The first kappa shape index (κ1) is 23.3. The number of methoxy groups -OCH3 is 1. The van der Waals surface area contributed by atoms with Gasteiger partial charge in [-0.25, -0.2) is 0 Å². The molecule has 0 radical (unpaired) electrons. The maximum Gasteiger partial charge on any atom is 0.418 e. The van der Waals surface area contributed by atoms with Gasteiger partial charge in [0.05, 0.1) is 19.2 Å². The standard InChI is InChI=1S/C23H23BrF3NO3/c1-21(2,17-9-8-15(24)12-20(17)31-3)13-22(30,23(25,26)27)14-28-11-10-19(29)16-6-4-5-7-18(16)28/h4-12,30H,13-14H2,1-3H3. The summed E-state index contributed by atoms with van der Waals surface area (Å²) in [6.07, 6.45) is -4.23. The molecule has 0 spiro atoms. The number of hydrogen-bond acceptors (Lipinski definition) is 3. The van der Waals surface area contributed by atoms with Crippen LogP contribution >= 0.6 is 15.9 Å². The lowest BCUT2D eigenvalue weighted by molar-refractivity contribution is -0.271. The minimum Gasteiger partial charge on any atom is -0.496 e. The molecule has 0 aliphatic heterocycles. The number of aliphatic hydroxyl groups is 1. The summed E-state index contributed by atoms with van der Waals surface area (Å²) in [5.74, 6) is 0.428. The Bertz CT molecular complexity index is 1160. The fourth-order valence-electron chi connectivity index (χ4n) is 3.98. The van der Waals surface area contributed by atoms with Crippen LogP contribution in [0.5, 0.6) is 5.75 Å². The summed E-state index contributed by atoms with van der Waals surface area (Å²) in [5, 5.41) is 11.3. The van der Waals surface area contributed by atoms with Crippen LogP contribution < -0.4 is 10.2 Å². The molecule has 3 rings (SSSR count). The van der Waals surface area contributed by atoms with Crippen LogP contribution in [0.2, 0.25) is 0 Å². The van der Waals surface area contributed by atoms with Crippen molar-refractivity contribution in [2.24, 2.45) is 0 Å². The highest BCUT2D eigenvalue weighted by atomic mass is 79.9. The molecule has 166 valence electrons. The van der Waals surface area contributed by atoms with Crippen LogP contribution in [0.1, 0.15) is 25.8 Å². The van der Waals surface area contributed by atoms with E-state index in [0.717, 1.165) is 4.47 Å². The van der Waals surface area contributed by atoms with Crippen molar-refractivity contribution < 1.29 is 23.0 Å². The maximum atomic E-state index is 14.2. The minimum absolute atomic E-state index is 0.290. The number of ether oxygens (including phenoxy) is 1. The summed E-state index contributed by atoms with van der Waals surface area (Å²) in [4.78, 5) is 12.1. The van der Waals surface area contributed by atoms with Gasteiger partial charge in [-0.05, 0) is 41.7 Å². The molecule has 8 heteroatoms. The van der Waals surface area contributed by atoms with Gasteiger partial charge in [0.25, 0.3) is 0 Å². The zero-order chi connectivity index (χ0) is 23.0. The van der Waals surface area contributed by atoms with Crippen molar-refractivity contribution in [3.05, 3.63) is 75.0 Å². The number of rotatable bonds is 6. The first-order chi connectivity index (χ1) is 14.4. The van der Waals surface area contributed by atoms with Crippen molar-refractivity contribution in [1.82, 2.24) is 4.57 Å². The van der Waals surface area contributed by atoms with E-state index in [0.29, 0.717) is 22.2 Å². The zero-order valence-electron chi connectivity index (χ0n) is 17.3. The highest BCUT2D eigenvalue weighted by Gasteiger charge is 2.56. The van der Waals surface area contributed by atoms with Crippen molar-refractivity contribution >= 4 is 26.8 Å². The van der Waals surface area contributed by atoms with Crippen LogP contribution in [0.3, 0.4) is 0 Å². The molecule has 0 aliphatic carbocycles. The highest BCUT2D eigenvalue weighted by molar-refractivity contribution is 9.10.